The van der Waals surface area contributed by atoms with Gasteiger partial charge in [0, 0.05) is 67.1 Å². The molecule has 1 aliphatic carbocycles. The number of ether oxygens (including phenoxy) is 1. The molecule has 8 heterocycles. The number of hydrogen-bond donors (Lipinski definition) is 1. The summed E-state index contributed by atoms with van der Waals surface area (Å²) >= 11 is 0. The monoisotopic (exact) mass is 895 g/mol. The molecule has 3 fully saturated rings. The van der Waals surface area contributed by atoms with Crippen LogP contribution in [0.2, 0.25) is 0 Å². The third-order valence-corrected chi connectivity index (χ3v) is 14.6. The van der Waals surface area contributed by atoms with E-state index in [9.17, 15) is 9.59 Å². The fraction of sp³-hybridized carbons (Fsp3) is 0.375. The van der Waals surface area contributed by atoms with Crippen molar-refractivity contribution >= 4 is 33.4 Å². The molecule has 4 aliphatic rings. The highest BCUT2D eigenvalue weighted by Crippen LogP contribution is 2.56. The number of anilines is 1. The molecule has 16 nitrogen and oxygen atoms in total. The number of rotatable bonds is 7. The standard InChI is InChI=1S/C48H47F2N11O5/c1-25-17-31(18-26(2)40(25)49)61-42(58-14-13-57(46(58)64)37-12-11-35-32(41(37)50)23-51-55(35)6)39-33(53-61)21-30-8-10-36(39)59(30)43(62)38-20-28-19-29(56-15-16-65-47(4,5)24-56)7-9-34(28)60(38)48(22-27(48)3)44-52-45(63)66-54-44/h7,9,11-14,17-20,23,27,30,36H,8,10,15-16,21-22,24H2,1-6H3,(H,52,54,63)/t27-,30+,36-,48-/m0/s1. The summed E-state index contributed by atoms with van der Waals surface area (Å²) in [6, 6.07) is 14.1. The van der Waals surface area contributed by atoms with Crippen molar-refractivity contribution in [1.29, 1.82) is 0 Å². The van der Waals surface area contributed by atoms with E-state index in [0.717, 1.165) is 28.8 Å². The van der Waals surface area contributed by atoms with Crippen LogP contribution in [-0.2, 0) is 23.7 Å². The van der Waals surface area contributed by atoms with Gasteiger partial charge in [-0.1, -0.05) is 12.1 Å². The molecule has 338 valence electrons. The van der Waals surface area contributed by atoms with Gasteiger partial charge in [-0.2, -0.15) is 10.2 Å². The Bertz CT molecular complexity index is 3450. The number of imidazole rings is 1. The number of hydrogen-bond acceptors (Lipinski definition) is 9. The number of nitrogens with one attached hydrogen (secondary N) is 1. The van der Waals surface area contributed by atoms with Gasteiger partial charge < -0.3 is 19.1 Å². The van der Waals surface area contributed by atoms with Crippen LogP contribution in [0, 0.1) is 31.4 Å². The maximum absolute atomic E-state index is 16.2. The molecule has 2 bridgehead atoms. The van der Waals surface area contributed by atoms with E-state index in [1.807, 2.05) is 21.6 Å². The van der Waals surface area contributed by atoms with E-state index >= 15 is 13.6 Å². The summed E-state index contributed by atoms with van der Waals surface area (Å²) in [5.74, 6) is -1.09. The first kappa shape index (κ1) is 40.4. The maximum atomic E-state index is 16.2. The number of carbonyl (C=O) groups is 1. The number of fused-ring (bicyclic) bond motifs is 6. The fourth-order valence-electron chi connectivity index (χ4n) is 11.3. The van der Waals surface area contributed by atoms with E-state index in [4.69, 9.17) is 14.4 Å². The van der Waals surface area contributed by atoms with Gasteiger partial charge in [0.2, 0.25) is 0 Å². The molecule has 0 radical (unpaired) electrons. The average Bonchev–Trinajstić information content (AvgIpc) is 3.99. The number of morpholine rings is 1. The zero-order valence-electron chi connectivity index (χ0n) is 37.3. The van der Waals surface area contributed by atoms with Crippen LogP contribution in [0.25, 0.3) is 39.0 Å². The smallest absolute Gasteiger partial charge is 0.372 e. The molecule has 4 atom stereocenters. The van der Waals surface area contributed by atoms with Gasteiger partial charge in [-0.15, -0.1) is 0 Å². The van der Waals surface area contributed by atoms with Crippen molar-refractivity contribution < 1.29 is 22.8 Å². The quantitative estimate of drug-likeness (QED) is 0.188. The molecular formula is C48H47F2N11O5. The molecule has 1 amide bonds. The molecule has 12 rings (SSSR count). The second kappa shape index (κ2) is 14.0. The predicted octanol–water partition coefficient (Wildman–Crippen LogP) is 6.53. The van der Waals surface area contributed by atoms with Crippen molar-refractivity contribution in [2.45, 2.75) is 83.5 Å². The topological polar surface area (TPSA) is 159 Å². The van der Waals surface area contributed by atoms with E-state index in [1.54, 1.807) is 60.7 Å². The molecule has 1 saturated carbocycles. The minimum atomic E-state index is -0.861. The van der Waals surface area contributed by atoms with Gasteiger partial charge in [-0.05, 0) is 113 Å². The molecule has 5 aromatic heterocycles. The summed E-state index contributed by atoms with van der Waals surface area (Å²) in [6.45, 7) is 11.6. The molecule has 1 N–H and O–H groups in total. The zero-order chi connectivity index (χ0) is 45.7. The number of H-pyrrole nitrogens is 1. The molecule has 3 aromatic carbocycles. The van der Waals surface area contributed by atoms with E-state index in [0.29, 0.717) is 84.1 Å². The Morgan fingerprint density at radius 3 is 2.42 bits per heavy atom. The van der Waals surface area contributed by atoms with Crippen molar-refractivity contribution in [3.8, 4) is 17.2 Å². The van der Waals surface area contributed by atoms with Gasteiger partial charge >= 0.3 is 11.4 Å². The molecule has 0 unspecified atom stereocenters. The first-order valence-electron chi connectivity index (χ1n) is 22.4. The number of aryl methyl sites for hydroxylation is 3. The number of aromatic nitrogens is 9. The van der Waals surface area contributed by atoms with Crippen LogP contribution in [0.15, 0.2) is 81.2 Å². The molecule has 66 heavy (non-hydrogen) atoms. The number of carbonyl (C=O) groups excluding carboxylic acids is 1. The van der Waals surface area contributed by atoms with Gasteiger partial charge in [-0.25, -0.2) is 23.1 Å². The summed E-state index contributed by atoms with van der Waals surface area (Å²) < 4.78 is 50.4. The lowest BCUT2D eigenvalue weighted by Gasteiger charge is -2.39. The van der Waals surface area contributed by atoms with Crippen LogP contribution in [-0.4, -0.2) is 85.5 Å². The summed E-state index contributed by atoms with van der Waals surface area (Å²) in [4.78, 5) is 50.1. The zero-order valence-corrected chi connectivity index (χ0v) is 37.3. The number of benzene rings is 3. The lowest BCUT2D eigenvalue weighted by atomic mass is 9.98. The van der Waals surface area contributed by atoms with Crippen LogP contribution < -0.4 is 16.3 Å². The normalized spacial score (nSPS) is 22.2. The second-order valence-corrected chi connectivity index (χ2v) is 19.2. The third-order valence-electron chi connectivity index (χ3n) is 14.6. The Balaban J connectivity index is 1.02. The summed E-state index contributed by atoms with van der Waals surface area (Å²) in [6.07, 6.45) is 6.81. The molecule has 8 aromatic rings. The fourth-order valence-corrected chi connectivity index (χ4v) is 11.3. The Morgan fingerprint density at radius 2 is 1.70 bits per heavy atom. The first-order valence-corrected chi connectivity index (χ1v) is 22.4. The Hall–Kier alpha value is -7.08. The lowest BCUT2D eigenvalue weighted by molar-refractivity contribution is -0.0276. The minimum Gasteiger partial charge on any atom is -0.372 e. The van der Waals surface area contributed by atoms with Crippen LogP contribution in [0.3, 0.4) is 0 Å². The number of nitrogens with zero attached hydrogens (tertiary/aromatic N) is 10. The van der Waals surface area contributed by atoms with Crippen molar-refractivity contribution in [3.63, 3.8) is 0 Å². The largest absolute Gasteiger partial charge is 0.438 e. The maximum Gasteiger partial charge on any atom is 0.438 e. The number of aromatic amines is 1. The molecule has 18 heteroatoms. The predicted molar refractivity (Wildman–Crippen MR) is 240 cm³/mol. The molecular weight excluding hydrogens is 849 g/mol. The first-order chi connectivity index (χ1) is 31.6. The lowest BCUT2D eigenvalue weighted by Crippen LogP contribution is -2.48. The van der Waals surface area contributed by atoms with E-state index in [-0.39, 0.29) is 40.4 Å². The van der Waals surface area contributed by atoms with Gasteiger partial charge in [0.05, 0.1) is 52.4 Å². The molecule has 3 aliphatic heterocycles. The van der Waals surface area contributed by atoms with Crippen LogP contribution in [0.4, 0.5) is 14.5 Å². The molecule has 0 spiro atoms. The van der Waals surface area contributed by atoms with Gasteiger partial charge in [0.25, 0.3) is 5.91 Å². The van der Waals surface area contributed by atoms with E-state index in [1.165, 1.54) is 21.5 Å². The molecule has 2 saturated heterocycles. The van der Waals surface area contributed by atoms with Crippen LogP contribution in [0.1, 0.15) is 84.8 Å². The Labute approximate surface area is 375 Å². The minimum absolute atomic E-state index is 0.00290. The van der Waals surface area contributed by atoms with Crippen molar-refractivity contribution in [3.05, 3.63) is 134 Å². The highest BCUT2D eigenvalue weighted by Gasteiger charge is 2.59. The Morgan fingerprint density at radius 1 is 0.939 bits per heavy atom. The van der Waals surface area contributed by atoms with Crippen molar-refractivity contribution in [1.82, 2.24) is 48.3 Å². The average molecular weight is 896 g/mol. The highest BCUT2D eigenvalue weighted by molar-refractivity contribution is 6.01. The van der Waals surface area contributed by atoms with Crippen molar-refractivity contribution in [2.24, 2.45) is 13.0 Å². The number of amides is 1. The van der Waals surface area contributed by atoms with E-state index in [2.05, 4.69) is 53.0 Å². The van der Waals surface area contributed by atoms with Crippen LogP contribution >= 0.6 is 0 Å². The van der Waals surface area contributed by atoms with Gasteiger partial charge in [0.15, 0.2) is 11.6 Å². The SMILES string of the molecule is Cc1cc(-n2nc3c(c2-n2ccn(-c4ccc5c(cnn5C)c4F)c2=O)[C@@H]2CC[C@H](C3)N2C(=O)c2cc3cc(N4CCOC(C)(C)C4)ccc3n2[C@@]2(c3noc(=O)[nH]3)C[C@@H]2C)cc(C)c1F. The highest BCUT2D eigenvalue weighted by atomic mass is 19.1. The van der Waals surface area contributed by atoms with Gasteiger partial charge in [0.1, 0.15) is 22.9 Å². The summed E-state index contributed by atoms with van der Waals surface area (Å²) in [7, 11) is 1.72. The number of halogens is 2. The van der Waals surface area contributed by atoms with Crippen molar-refractivity contribution in [2.75, 3.05) is 24.6 Å². The van der Waals surface area contributed by atoms with Crippen LogP contribution in [0.5, 0.6) is 0 Å². The summed E-state index contributed by atoms with van der Waals surface area (Å²) in [5, 5.41) is 14.7. The third kappa shape index (κ3) is 5.75. The van der Waals surface area contributed by atoms with Gasteiger partial charge in [-0.3, -0.25) is 28.1 Å². The summed E-state index contributed by atoms with van der Waals surface area (Å²) in [5.41, 5.74) is 3.89. The van der Waals surface area contributed by atoms with E-state index < -0.39 is 28.8 Å². The Kier molecular flexibility index (Phi) is 8.55. The second-order valence-electron chi connectivity index (χ2n) is 19.2.